The van der Waals surface area contributed by atoms with Crippen LogP contribution in [0.1, 0.15) is 29.9 Å². The van der Waals surface area contributed by atoms with Gasteiger partial charge in [-0.3, -0.25) is 14.3 Å². The molecule has 1 aliphatic heterocycles. The van der Waals surface area contributed by atoms with Crippen molar-refractivity contribution in [3.8, 4) is 5.75 Å². The van der Waals surface area contributed by atoms with E-state index in [2.05, 4.69) is 27.4 Å². The van der Waals surface area contributed by atoms with Gasteiger partial charge >= 0.3 is 5.69 Å². The molecule has 0 spiro atoms. The molecule has 7 nitrogen and oxygen atoms in total. The molecule has 4 heterocycles. The molecule has 1 aliphatic carbocycles. The maximum atomic E-state index is 13.2. The maximum absolute atomic E-state index is 13.2. The number of fused-ring (bicyclic) bond motifs is 6. The van der Waals surface area contributed by atoms with E-state index < -0.39 is 0 Å². The number of ether oxygens (including phenoxy) is 1. The van der Waals surface area contributed by atoms with E-state index in [0.29, 0.717) is 28.6 Å². The Kier molecular flexibility index (Phi) is 4.66. The van der Waals surface area contributed by atoms with Gasteiger partial charge in [-0.05, 0) is 55.0 Å². The first-order chi connectivity index (χ1) is 15.7. The lowest BCUT2D eigenvalue weighted by Crippen LogP contribution is -2.37. The first-order valence-electron chi connectivity index (χ1n) is 11.0. The van der Waals surface area contributed by atoms with Gasteiger partial charge in [0, 0.05) is 36.3 Å². The first-order valence-corrected chi connectivity index (χ1v) is 11.9. The lowest BCUT2D eigenvalue weighted by molar-refractivity contribution is 0.371. The molecule has 1 aromatic carbocycles. The summed E-state index contributed by atoms with van der Waals surface area (Å²) in [5.74, 6) is 1.92. The summed E-state index contributed by atoms with van der Waals surface area (Å²) in [5, 5.41) is 4.54. The molecule has 0 radical (unpaired) electrons. The van der Waals surface area contributed by atoms with Crippen LogP contribution in [0.2, 0.25) is 0 Å². The number of aromatic nitrogens is 3. The molecule has 2 aliphatic rings. The number of aromatic amines is 1. The minimum absolute atomic E-state index is 0.217. The van der Waals surface area contributed by atoms with E-state index in [1.807, 2.05) is 12.1 Å². The molecule has 1 saturated heterocycles. The molecule has 1 fully saturated rings. The van der Waals surface area contributed by atoms with Crippen LogP contribution in [0.3, 0.4) is 0 Å². The Morgan fingerprint density at radius 3 is 3.06 bits per heavy atom. The number of hydrogen-bond donors (Lipinski definition) is 2. The Hall–Kier alpha value is -2.97. The maximum Gasteiger partial charge on any atom is 0.328 e. The minimum Gasteiger partial charge on any atom is -0.496 e. The van der Waals surface area contributed by atoms with Crippen molar-refractivity contribution in [2.24, 2.45) is 5.92 Å². The summed E-state index contributed by atoms with van der Waals surface area (Å²) in [6.45, 7) is 1.36. The molecular weight excluding hydrogens is 424 g/mol. The topological polar surface area (TPSA) is 89.0 Å². The smallest absolute Gasteiger partial charge is 0.328 e. The number of pyridine rings is 1. The summed E-state index contributed by atoms with van der Waals surface area (Å²) in [6.07, 6.45) is 6.30. The number of rotatable bonds is 4. The van der Waals surface area contributed by atoms with Gasteiger partial charge < -0.3 is 15.0 Å². The second-order valence-corrected chi connectivity index (χ2v) is 9.77. The van der Waals surface area contributed by atoms with E-state index in [4.69, 9.17) is 4.74 Å². The van der Waals surface area contributed by atoms with Gasteiger partial charge in [0.15, 0.2) is 0 Å². The quantitative estimate of drug-likeness (QED) is 0.501. The van der Waals surface area contributed by atoms with Crippen LogP contribution in [-0.2, 0) is 13.0 Å². The van der Waals surface area contributed by atoms with Gasteiger partial charge in [-0.15, -0.1) is 11.3 Å². The van der Waals surface area contributed by atoms with Crippen molar-refractivity contribution in [1.82, 2.24) is 19.9 Å². The van der Waals surface area contributed by atoms with Gasteiger partial charge in [0.1, 0.15) is 10.4 Å². The zero-order chi connectivity index (χ0) is 21.8. The third kappa shape index (κ3) is 2.93. The highest BCUT2D eigenvalue weighted by atomic mass is 32.1. The zero-order valence-electron chi connectivity index (χ0n) is 17.8. The Balaban J connectivity index is 1.33. The molecule has 0 amide bonds. The monoisotopic (exact) mass is 448 g/mol. The molecule has 8 heteroatoms. The molecule has 0 saturated carbocycles. The molecule has 0 bridgehead atoms. The van der Waals surface area contributed by atoms with Crippen LogP contribution in [0.15, 0.2) is 46.2 Å². The van der Waals surface area contributed by atoms with Gasteiger partial charge in [0.2, 0.25) is 0 Å². The summed E-state index contributed by atoms with van der Waals surface area (Å²) in [5.41, 5.74) is 2.71. The van der Waals surface area contributed by atoms with Crippen molar-refractivity contribution < 1.29 is 4.74 Å². The highest BCUT2D eigenvalue weighted by molar-refractivity contribution is 7.25. The predicted molar refractivity (Wildman–Crippen MR) is 126 cm³/mol. The summed E-state index contributed by atoms with van der Waals surface area (Å²) in [4.78, 5) is 33.1. The van der Waals surface area contributed by atoms with Crippen molar-refractivity contribution in [2.75, 3.05) is 13.7 Å². The van der Waals surface area contributed by atoms with Crippen LogP contribution in [0.25, 0.3) is 20.3 Å². The third-order valence-corrected chi connectivity index (χ3v) is 8.30. The summed E-state index contributed by atoms with van der Waals surface area (Å²) < 4.78 is 8.45. The van der Waals surface area contributed by atoms with Crippen LogP contribution >= 0.6 is 11.3 Å². The van der Waals surface area contributed by atoms with Crippen molar-refractivity contribution in [3.63, 3.8) is 0 Å². The highest BCUT2D eigenvalue weighted by Gasteiger charge is 2.40. The van der Waals surface area contributed by atoms with E-state index in [1.54, 1.807) is 19.5 Å². The number of nitrogens with zero attached hydrogens (tertiary/aromatic N) is 2. The number of hydrogen-bond acceptors (Lipinski definition) is 6. The highest BCUT2D eigenvalue weighted by Crippen LogP contribution is 2.45. The number of benzene rings is 1. The largest absolute Gasteiger partial charge is 0.496 e. The van der Waals surface area contributed by atoms with Gasteiger partial charge in [0.05, 0.1) is 17.3 Å². The van der Waals surface area contributed by atoms with Crippen LogP contribution < -0.4 is 21.3 Å². The van der Waals surface area contributed by atoms with E-state index >= 15 is 0 Å². The number of H-pyrrole nitrogens is 1. The normalized spacial score (nSPS) is 22.2. The molecule has 32 heavy (non-hydrogen) atoms. The number of methoxy groups -OCH3 is 1. The molecular formula is C24H24N4O3S. The molecule has 2 N–H and O–H groups in total. The van der Waals surface area contributed by atoms with Gasteiger partial charge in [-0.25, -0.2) is 4.79 Å². The Morgan fingerprint density at radius 2 is 2.19 bits per heavy atom. The standard InChI is InChI=1S/C24H24N4O3S/c1-31-18-4-2-3-15-14(18)6-5-13-11-26-17(20(13)15)8-10-28-23(29)22-21(27-24(28)30)16-7-9-25-12-19(16)32-22/h2-4,7,9,12-13,17,20,26H,5-6,8,10-11H2,1H3,(H,27,30)/t13-,17?,20-/m1/s1. The van der Waals surface area contributed by atoms with Crippen molar-refractivity contribution >= 4 is 31.6 Å². The predicted octanol–water partition coefficient (Wildman–Crippen LogP) is 3.02. The second-order valence-electron chi connectivity index (χ2n) is 8.72. The second kappa shape index (κ2) is 7.56. The Bertz CT molecular complexity index is 1450. The van der Waals surface area contributed by atoms with Crippen molar-refractivity contribution in [3.05, 3.63) is 68.6 Å². The van der Waals surface area contributed by atoms with Crippen LogP contribution in [0.5, 0.6) is 5.75 Å². The molecule has 6 rings (SSSR count). The van der Waals surface area contributed by atoms with Gasteiger partial charge in [-0.2, -0.15) is 0 Å². The van der Waals surface area contributed by atoms with Crippen LogP contribution in [0.4, 0.5) is 0 Å². The Morgan fingerprint density at radius 1 is 1.28 bits per heavy atom. The summed E-state index contributed by atoms with van der Waals surface area (Å²) in [6, 6.07) is 8.37. The lowest BCUT2D eigenvalue weighted by Gasteiger charge is -2.32. The van der Waals surface area contributed by atoms with E-state index in [0.717, 1.165) is 41.6 Å². The van der Waals surface area contributed by atoms with Crippen molar-refractivity contribution in [1.29, 1.82) is 0 Å². The van der Waals surface area contributed by atoms with E-state index in [-0.39, 0.29) is 17.3 Å². The van der Waals surface area contributed by atoms with Gasteiger partial charge in [0.25, 0.3) is 5.56 Å². The fraction of sp³-hybridized carbons (Fsp3) is 0.375. The van der Waals surface area contributed by atoms with Gasteiger partial charge in [-0.1, -0.05) is 12.1 Å². The zero-order valence-corrected chi connectivity index (χ0v) is 18.6. The SMILES string of the molecule is COc1cccc2c1CC[C@@H]1CNC(CCn3c(=O)[nH]c4c(sc5cnccc54)c3=O)[C@@H]21. The molecule has 4 aromatic rings. The van der Waals surface area contributed by atoms with Crippen LogP contribution in [0, 0.1) is 5.92 Å². The number of thiophene rings is 1. The third-order valence-electron chi connectivity index (χ3n) is 7.17. The van der Waals surface area contributed by atoms with Crippen molar-refractivity contribution in [2.45, 2.75) is 37.8 Å². The first kappa shape index (κ1) is 19.7. The fourth-order valence-electron chi connectivity index (χ4n) is 5.69. The lowest BCUT2D eigenvalue weighted by atomic mass is 9.73. The van der Waals surface area contributed by atoms with Crippen LogP contribution in [-0.4, -0.2) is 34.2 Å². The summed E-state index contributed by atoms with van der Waals surface area (Å²) >= 11 is 1.39. The molecule has 164 valence electrons. The Labute approximate surface area is 188 Å². The number of nitrogens with one attached hydrogen (secondary N) is 2. The summed E-state index contributed by atoms with van der Waals surface area (Å²) in [7, 11) is 1.73. The fourth-order valence-corrected chi connectivity index (χ4v) is 6.76. The van der Waals surface area contributed by atoms with E-state index in [1.165, 1.54) is 27.0 Å². The molecule has 3 atom stereocenters. The van der Waals surface area contributed by atoms with E-state index in [9.17, 15) is 9.59 Å². The minimum atomic E-state index is -0.348. The molecule has 1 unspecified atom stereocenters. The average Bonchev–Trinajstić information content (AvgIpc) is 3.40. The molecule has 3 aromatic heterocycles. The average molecular weight is 449 g/mol.